The first-order chi connectivity index (χ1) is 5.34. The third-order valence-electron chi connectivity index (χ3n) is 1.06. The molecule has 1 aromatic heterocycles. The molecule has 0 aliphatic carbocycles. The van der Waals surface area contributed by atoms with E-state index in [1.54, 1.807) is 6.20 Å². The summed E-state index contributed by atoms with van der Waals surface area (Å²) in [4.78, 5) is 6.64. The number of rotatable bonds is 2. The van der Waals surface area contributed by atoms with Gasteiger partial charge < -0.3 is 4.98 Å². The van der Waals surface area contributed by atoms with E-state index in [9.17, 15) is 4.39 Å². The highest BCUT2D eigenvalue weighted by Gasteiger charge is 1.95. The van der Waals surface area contributed by atoms with Crippen LogP contribution >= 0.6 is 15.9 Å². The van der Waals surface area contributed by atoms with Crippen molar-refractivity contribution in [1.29, 1.82) is 0 Å². The van der Waals surface area contributed by atoms with Crippen molar-refractivity contribution in [1.82, 2.24) is 4.98 Å². The Morgan fingerprint density at radius 1 is 1.73 bits per heavy atom. The minimum Gasteiger partial charge on any atom is -0.359 e. The van der Waals surface area contributed by atoms with Crippen LogP contribution in [0.1, 0.15) is 5.69 Å². The Kier molecular flexibility index (Phi) is 3.04. The Hall–Kier alpha value is -0.900. The minimum absolute atomic E-state index is 0.379. The van der Waals surface area contributed by atoms with Gasteiger partial charge in [-0.15, -0.1) is 0 Å². The molecule has 0 saturated carbocycles. The number of halogens is 2. The van der Waals surface area contributed by atoms with Gasteiger partial charge in [0.05, 0.1) is 11.9 Å². The second-order valence-electron chi connectivity index (χ2n) is 1.78. The lowest BCUT2D eigenvalue weighted by molar-refractivity contribution is 0.718. The Morgan fingerprint density at radius 2 is 2.55 bits per heavy atom. The van der Waals surface area contributed by atoms with E-state index in [-0.39, 0.29) is 0 Å². The van der Waals surface area contributed by atoms with Crippen LogP contribution in [0.15, 0.2) is 35.9 Å². The Labute approximate surface area is 72.0 Å². The van der Waals surface area contributed by atoms with Crippen molar-refractivity contribution < 1.29 is 4.39 Å². The van der Waals surface area contributed by atoms with E-state index in [4.69, 9.17) is 0 Å². The summed E-state index contributed by atoms with van der Waals surface area (Å²) in [7, 11) is 0. The van der Waals surface area contributed by atoms with Crippen LogP contribution in [-0.2, 0) is 0 Å². The molecule has 11 heavy (non-hydrogen) atoms. The number of nitrogens with zero attached hydrogens (tertiary/aromatic N) is 1. The van der Waals surface area contributed by atoms with Crippen LogP contribution in [0.3, 0.4) is 0 Å². The summed E-state index contributed by atoms with van der Waals surface area (Å²) < 4.78 is 12.1. The molecule has 1 aromatic rings. The van der Waals surface area contributed by atoms with Gasteiger partial charge >= 0.3 is 0 Å². The van der Waals surface area contributed by atoms with Gasteiger partial charge in [0.15, 0.2) is 0 Å². The van der Waals surface area contributed by atoms with Crippen molar-refractivity contribution in [3.8, 4) is 0 Å². The van der Waals surface area contributed by atoms with Gasteiger partial charge in [-0.3, -0.25) is 0 Å². The van der Waals surface area contributed by atoms with Crippen molar-refractivity contribution in [3.63, 3.8) is 0 Å². The highest BCUT2D eigenvalue weighted by atomic mass is 79.9. The van der Waals surface area contributed by atoms with Gasteiger partial charge in [-0.25, -0.2) is 9.38 Å². The van der Waals surface area contributed by atoms with Crippen LogP contribution in [-0.4, -0.2) is 9.60 Å². The molecule has 0 unspecified atom stereocenters. The number of aromatic nitrogens is 1. The lowest BCUT2D eigenvalue weighted by atomic mass is 10.5. The number of H-pyrrole nitrogens is 1. The molecular weight excluding hydrogens is 211 g/mol. The largest absolute Gasteiger partial charge is 0.359 e. The van der Waals surface area contributed by atoms with Gasteiger partial charge in [-0.1, -0.05) is 0 Å². The summed E-state index contributed by atoms with van der Waals surface area (Å²) >= 11 is 3.17. The fourth-order valence-electron chi connectivity index (χ4n) is 0.622. The molecule has 0 radical (unpaired) electrons. The fraction of sp³-hybridized carbons (Fsp3) is 0. The summed E-state index contributed by atoms with van der Waals surface area (Å²) in [6.45, 7) is 0. The maximum atomic E-state index is 11.5. The first-order valence-corrected chi connectivity index (χ1v) is 3.76. The lowest BCUT2D eigenvalue weighted by Crippen LogP contribution is -1.87. The van der Waals surface area contributed by atoms with Crippen molar-refractivity contribution in [2.45, 2.75) is 0 Å². The quantitative estimate of drug-likeness (QED) is 0.737. The molecule has 0 saturated heterocycles. The molecule has 0 aliphatic rings. The maximum Gasteiger partial charge on any atom is 0.129 e. The Balaban J connectivity index is 2.77. The average molecular weight is 217 g/mol. The summed E-state index contributed by atoms with van der Waals surface area (Å²) in [5.41, 5.74) is 0.822. The number of nitrogens with one attached hydrogen (secondary N) is 1. The van der Waals surface area contributed by atoms with E-state index in [1.807, 2.05) is 12.1 Å². The monoisotopic (exact) mass is 216 g/mol. The number of aliphatic imine (C=N–C) groups is 1. The van der Waals surface area contributed by atoms with E-state index in [2.05, 4.69) is 25.9 Å². The van der Waals surface area contributed by atoms with Crippen molar-refractivity contribution >= 4 is 20.6 Å². The smallest absolute Gasteiger partial charge is 0.129 e. The summed E-state index contributed by atoms with van der Waals surface area (Å²) in [5, 5.41) is 0. The van der Waals surface area contributed by atoms with Crippen molar-refractivity contribution in [2.24, 2.45) is 4.99 Å². The molecule has 0 amide bonds. The molecule has 1 heterocycles. The average Bonchev–Trinajstić information content (AvgIpc) is 2.52. The lowest BCUT2D eigenvalue weighted by Gasteiger charge is -1.89. The number of hydrogen-bond acceptors (Lipinski definition) is 1. The van der Waals surface area contributed by atoms with Gasteiger partial charge in [0.2, 0.25) is 0 Å². The molecule has 1 N–H and O–H groups in total. The van der Waals surface area contributed by atoms with Crippen LogP contribution in [0.25, 0.3) is 0 Å². The van der Waals surface area contributed by atoms with E-state index >= 15 is 0 Å². The predicted molar refractivity (Wildman–Crippen MR) is 46.5 cm³/mol. The van der Waals surface area contributed by atoms with Gasteiger partial charge in [0, 0.05) is 6.20 Å². The molecule has 1 rings (SSSR count). The van der Waals surface area contributed by atoms with Crippen molar-refractivity contribution in [2.75, 3.05) is 0 Å². The van der Waals surface area contributed by atoms with Gasteiger partial charge in [0.1, 0.15) is 11.0 Å². The zero-order valence-electron chi connectivity index (χ0n) is 5.59. The SMILES string of the molecule is F/C=C/N=C(Br)c1ccc[nH]1. The van der Waals surface area contributed by atoms with Gasteiger partial charge in [-0.2, -0.15) is 0 Å². The second-order valence-corrected chi connectivity index (χ2v) is 2.53. The first-order valence-electron chi connectivity index (χ1n) is 2.97. The molecule has 58 valence electrons. The predicted octanol–water partition coefficient (Wildman–Crippen LogP) is 2.60. The fourth-order valence-corrected chi connectivity index (χ4v) is 0.987. The molecule has 0 bridgehead atoms. The molecule has 4 heteroatoms. The summed E-state index contributed by atoms with van der Waals surface area (Å²) in [6, 6.07) is 3.67. The minimum atomic E-state index is 0.379. The summed E-state index contributed by atoms with van der Waals surface area (Å²) in [6.07, 6.45) is 3.22. The molecule has 0 atom stereocenters. The molecule has 2 nitrogen and oxygen atoms in total. The van der Waals surface area contributed by atoms with Crippen LogP contribution in [0, 0.1) is 0 Å². The van der Waals surface area contributed by atoms with Gasteiger partial charge in [-0.05, 0) is 28.1 Å². The highest BCUT2D eigenvalue weighted by Crippen LogP contribution is 2.03. The highest BCUT2D eigenvalue weighted by molar-refractivity contribution is 9.18. The van der Waals surface area contributed by atoms with E-state index in [0.717, 1.165) is 11.9 Å². The zero-order valence-corrected chi connectivity index (χ0v) is 7.18. The Morgan fingerprint density at radius 3 is 3.09 bits per heavy atom. The third-order valence-corrected chi connectivity index (χ3v) is 1.70. The van der Waals surface area contributed by atoms with E-state index < -0.39 is 0 Å². The van der Waals surface area contributed by atoms with Gasteiger partial charge in [0.25, 0.3) is 0 Å². The van der Waals surface area contributed by atoms with Crippen LogP contribution in [0.2, 0.25) is 0 Å². The molecule has 0 aliphatic heterocycles. The molecule has 0 spiro atoms. The molecule has 0 aromatic carbocycles. The van der Waals surface area contributed by atoms with Crippen molar-refractivity contribution in [3.05, 3.63) is 36.6 Å². The topological polar surface area (TPSA) is 28.1 Å². The normalized spacial score (nSPS) is 12.7. The maximum absolute atomic E-state index is 11.5. The first kappa shape index (κ1) is 8.20. The number of hydrogen-bond donors (Lipinski definition) is 1. The zero-order chi connectivity index (χ0) is 8.10. The second kappa shape index (κ2) is 4.08. The number of aromatic amines is 1. The summed E-state index contributed by atoms with van der Waals surface area (Å²) in [5.74, 6) is 0. The molecular formula is C7H6BrFN2. The van der Waals surface area contributed by atoms with E-state index in [0.29, 0.717) is 11.0 Å². The van der Waals surface area contributed by atoms with Crippen LogP contribution in [0.5, 0.6) is 0 Å². The third kappa shape index (κ3) is 2.31. The standard InChI is InChI=1S/C7H6BrFN2/c8-7(11-5-3-9)6-2-1-4-10-6/h1-5,10H/b5-3+,11-7?. The molecule has 0 fully saturated rings. The van der Waals surface area contributed by atoms with E-state index in [1.165, 1.54) is 0 Å². The Bertz CT molecular complexity index is 264. The van der Waals surface area contributed by atoms with Crippen LogP contribution < -0.4 is 0 Å². The van der Waals surface area contributed by atoms with Crippen LogP contribution in [0.4, 0.5) is 4.39 Å².